The highest BCUT2D eigenvalue weighted by atomic mass is 16.3. The van der Waals surface area contributed by atoms with E-state index >= 15 is 0 Å². The van der Waals surface area contributed by atoms with E-state index in [1.165, 1.54) is 6.42 Å². The highest BCUT2D eigenvalue weighted by Crippen LogP contribution is 2.43. The van der Waals surface area contributed by atoms with Crippen molar-refractivity contribution in [2.24, 2.45) is 0 Å². The van der Waals surface area contributed by atoms with Crippen LogP contribution < -0.4 is 0 Å². The first kappa shape index (κ1) is 30.1. The molecule has 0 saturated heterocycles. The Labute approximate surface area is 264 Å². The Morgan fingerprint density at radius 1 is 0.511 bits per heavy atom. The first-order chi connectivity index (χ1) is 21.7. The molecule has 0 heterocycles. The van der Waals surface area contributed by atoms with Crippen molar-refractivity contribution in [3.63, 3.8) is 0 Å². The van der Waals surface area contributed by atoms with Crippen molar-refractivity contribution in [1.82, 2.24) is 0 Å². The Kier molecular flexibility index (Phi) is 8.44. The summed E-state index contributed by atoms with van der Waals surface area (Å²) >= 11 is 0. The molecule has 0 aliphatic heterocycles. The van der Waals surface area contributed by atoms with Gasteiger partial charge in [-0.2, -0.15) is 0 Å². The van der Waals surface area contributed by atoms with E-state index in [9.17, 15) is 25.5 Å². The lowest BCUT2D eigenvalue weighted by atomic mass is 9.81. The number of hydrogen-bond acceptors (Lipinski definition) is 5. The van der Waals surface area contributed by atoms with E-state index in [4.69, 9.17) is 0 Å². The Morgan fingerprint density at radius 2 is 0.978 bits per heavy atom. The third-order valence-electron chi connectivity index (χ3n) is 9.12. The minimum Gasteiger partial charge on any atom is -0.508 e. The van der Waals surface area contributed by atoms with Crippen molar-refractivity contribution in [1.29, 1.82) is 0 Å². The molecule has 0 radical (unpaired) electrons. The van der Waals surface area contributed by atoms with Gasteiger partial charge in [0.25, 0.3) is 0 Å². The molecule has 5 nitrogen and oxygen atoms in total. The average molecular weight is 601 g/mol. The molecule has 1 fully saturated rings. The molecule has 0 bridgehead atoms. The van der Waals surface area contributed by atoms with Crippen LogP contribution in [-0.2, 0) is 12.8 Å². The second-order valence-corrected chi connectivity index (χ2v) is 12.6. The predicted octanol–water partition coefficient (Wildman–Crippen LogP) is 9.39. The monoisotopic (exact) mass is 600 g/mol. The van der Waals surface area contributed by atoms with Crippen LogP contribution >= 0.6 is 0 Å². The molecule has 5 heteroatoms. The SMILES string of the molecule is Cc1cc(Cc2cc(Cc3cc(C)cc(-c4ccc(O)cc4)c3O)c(O)c(C3CCCCC3)c2)c(O)c(-c2ccc(O)cc2)c1. The van der Waals surface area contributed by atoms with Gasteiger partial charge in [-0.25, -0.2) is 0 Å². The van der Waals surface area contributed by atoms with Crippen LogP contribution in [0.1, 0.15) is 77.0 Å². The summed E-state index contributed by atoms with van der Waals surface area (Å²) in [5.74, 6) is 1.25. The fraction of sp³-hybridized carbons (Fsp3) is 0.250. The van der Waals surface area contributed by atoms with Gasteiger partial charge in [0.1, 0.15) is 28.7 Å². The number of rotatable bonds is 7. The smallest absolute Gasteiger partial charge is 0.126 e. The number of aryl methyl sites for hydroxylation is 2. The molecule has 0 atom stereocenters. The van der Waals surface area contributed by atoms with E-state index in [0.29, 0.717) is 29.5 Å². The van der Waals surface area contributed by atoms with Crippen molar-refractivity contribution >= 4 is 0 Å². The fourth-order valence-corrected chi connectivity index (χ4v) is 6.87. The van der Waals surface area contributed by atoms with Gasteiger partial charge in [-0.3, -0.25) is 0 Å². The van der Waals surface area contributed by atoms with E-state index in [0.717, 1.165) is 70.2 Å². The molecule has 0 unspecified atom stereocenters. The number of aromatic hydroxyl groups is 5. The second-order valence-electron chi connectivity index (χ2n) is 12.6. The van der Waals surface area contributed by atoms with Crippen LogP contribution in [0.3, 0.4) is 0 Å². The summed E-state index contributed by atoms with van der Waals surface area (Å²) in [5.41, 5.74) is 9.21. The zero-order valence-electron chi connectivity index (χ0n) is 25.8. The minimum absolute atomic E-state index is 0.158. The maximum atomic E-state index is 11.7. The van der Waals surface area contributed by atoms with E-state index in [1.54, 1.807) is 48.5 Å². The van der Waals surface area contributed by atoms with Crippen LogP contribution in [0.25, 0.3) is 22.3 Å². The zero-order chi connectivity index (χ0) is 31.7. The van der Waals surface area contributed by atoms with E-state index in [2.05, 4.69) is 6.07 Å². The summed E-state index contributed by atoms with van der Waals surface area (Å²) in [6, 6.07) is 25.6. The topological polar surface area (TPSA) is 101 Å². The molecular weight excluding hydrogens is 560 g/mol. The fourth-order valence-electron chi connectivity index (χ4n) is 6.87. The minimum atomic E-state index is 0.158. The first-order valence-corrected chi connectivity index (χ1v) is 15.7. The molecule has 1 saturated carbocycles. The average Bonchev–Trinajstić information content (AvgIpc) is 3.03. The number of hydrogen-bond donors (Lipinski definition) is 5. The van der Waals surface area contributed by atoms with Crippen molar-refractivity contribution in [3.8, 4) is 51.0 Å². The Bertz CT molecular complexity index is 1830. The third kappa shape index (κ3) is 6.48. The highest BCUT2D eigenvalue weighted by molar-refractivity contribution is 5.75. The van der Waals surface area contributed by atoms with E-state index in [-0.39, 0.29) is 34.7 Å². The maximum Gasteiger partial charge on any atom is 0.126 e. The van der Waals surface area contributed by atoms with Crippen molar-refractivity contribution < 1.29 is 25.5 Å². The lowest BCUT2D eigenvalue weighted by Crippen LogP contribution is -2.07. The molecule has 5 N–H and O–H groups in total. The lowest BCUT2D eigenvalue weighted by Gasteiger charge is -2.25. The van der Waals surface area contributed by atoms with Crippen LogP contribution in [0.4, 0.5) is 0 Å². The van der Waals surface area contributed by atoms with E-state index < -0.39 is 0 Å². The maximum absolute atomic E-state index is 11.7. The molecular formula is C40H40O5. The number of phenols is 5. The highest BCUT2D eigenvalue weighted by Gasteiger charge is 2.23. The predicted molar refractivity (Wildman–Crippen MR) is 179 cm³/mol. The number of benzene rings is 5. The van der Waals surface area contributed by atoms with Crippen LogP contribution in [0.5, 0.6) is 28.7 Å². The largest absolute Gasteiger partial charge is 0.508 e. The van der Waals surface area contributed by atoms with Crippen molar-refractivity contribution in [2.45, 2.75) is 64.7 Å². The second kappa shape index (κ2) is 12.6. The summed E-state index contributed by atoms with van der Waals surface area (Å²) in [4.78, 5) is 0. The van der Waals surface area contributed by atoms with Gasteiger partial charge in [0.05, 0.1) is 0 Å². The summed E-state index contributed by atoms with van der Waals surface area (Å²) in [6.45, 7) is 4.00. The van der Waals surface area contributed by atoms with Gasteiger partial charge in [0.2, 0.25) is 0 Å². The zero-order valence-corrected chi connectivity index (χ0v) is 25.8. The Morgan fingerprint density at radius 3 is 1.49 bits per heavy atom. The summed E-state index contributed by atoms with van der Waals surface area (Å²) in [6.07, 6.45) is 6.34. The Hall–Kier alpha value is -4.90. The van der Waals surface area contributed by atoms with Gasteiger partial charge in [-0.05, 0) is 119 Å². The molecule has 1 aliphatic carbocycles. The summed E-state index contributed by atoms with van der Waals surface area (Å²) in [7, 11) is 0. The molecule has 0 amide bonds. The quantitative estimate of drug-likeness (QED) is 0.128. The lowest BCUT2D eigenvalue weighted by molar-refractivity contribution is 0.411. The Balaban J connectivity index is 1.42. The van der Waals surface area contributed by atoms with Crippen molar-refractivity contribution in [2.75, 3.05) is 0 Å². The molecule has 5 aromatic carbocycles. The van der Waals surface area contributed by atoms with Crippen molar-refractivity contribution in [3.05, 3.63) is 124 Å². The van der Waals surface area contributed by atoms with E-state index in [1.807, 2.05) is 44.2 Å². The van der Waals surface area contributed by atoms with Gasteiger partial charge >= 0.3 is 0 Å². The van der Waals surface area contributed by atoms with Gasteiger partial charge in [-0.1, -0.05) is 67.8 Å². The standard InChI is InChI=1S/C40H40O5/c1-24-16-30(38(43)35(18-24)28-8-12-33(41)13-9-28)20-26-21-32(40(45)37(22-26)27-6-4-3-5-7-27)23-31-17-25(2)19-36(39(31)44)29-10-14-34(42)15-11-29/h8-19,21-22,27,41-45H,3-7,20,23H2,1-2H3. The van der Waals surface area contributed by atoms with Crippen LogP contribution in [0, 0.1) is 13.8 Å². The third-order valence-corrected chi connectivity index (χ3v) is 9.12. The first-order valence-electron chi connectivity index (χ1n) is 15.7. The summed E-state index contributed by atoms with van der Waals surface area (Å²) < 4.78 is 0. The molecule has 0 spiro atoms. The van der Waals surface area contributed by atoms with Gasteiger partial charge < -0.3 is 25.5 Å². The molecule has 45 heavy (non-hydrogen) atoms. The molecule has 6 rings (SSSR count). The molecule has 1 aliphatic rings. The molecule has 0 aromatic heterocycles. The summed E-state index contributed by atoms with van der Waals surface area (Å²) in [5, 5.41) is 54.1. The van der Waals surface area contributed by atoms with Crippen LogP contribution in [0.15, 0.2) is 84.9 Å². The molecule has 230 valence electrons. The van der Waals surface area contributed by atoms with Gasteiger partial charge in [0.15, 0.2) is 0 Å². The van der Waals surface area contributed by atoms with Gasteiger partial charge in [-0.15, -0.1) is 0 Å². The van der Waals surface area contributed by atoms with Gasteiger partial charge in [0, 0.05) is 24.0 Å². The van der Waals surface area contributed by atoms with Crippen LogP contribution in [-0.4, -0.2) is 25.5 Å². The normalized spacial score (nSPS) is 13.6. The molecule has 5 aromatic rings. The van der Waals surface area contributed by atoms with Crippen LogP contribution in [0.2, 0.25) is 0 Å². The number of phenolic OH excluding ortho intramolecular Hbond substituents is 5.